The first-order chi connectivity index (χ1) is 7.74. The average Bonchev–Trinajstić information content (AvgIpc) is 2.66. The lowest BCUT2D eigenvalue weighted by Gasteiger charge is -2.19. The molecule has 1 heterocycles. The van der Waals surface area contributed by atoms with Crippen LogP contribution in [0.2, 0.25) is 0 Å². The SMILES string of the molecule is CCNC(CCOC)c1c(Br)cnn1CC. The van der Waals surface area contributed by atoms with Crippen LogP contribution >= 0.6 is 15.9 Å². The minimum Gasteiger partial charge on any atom is -0.385 e. The first-order valence-corrected chi connectivity index (χ1v) is 6.47. The van der Waals surface area contributed by atoms with Crippen LogP contribution in [-0.4, -0.2) is 30.0 Å². The summed E-state index contributed by atoms with van der Waals surface area (Å²) in [6.07, 6.45) is 2.81. The van der Waals surface area contributed by atoms with E-state index in [-0.39, 0.29) is 0 Å². The smallest absolute Gasteiger partial charge is 0.0696 e. The molecule has 0 radical (unpaired) electrons. The van der Waals surface area contributed by atoms with E-state index in [2.05, 4.69) is 40.2 Å². The predicted octanol–water partition coefficient (Wildman–Crippen LogP) is 2.35. The van der Waals surface area contributed by atoms with E-state index in [1.54, 1.807) is 7.11 Å². The minimum atomic E-state index is 0.293. The van der Waals surface area contributed by atoms with E-state index in [1.165, 1.54) is 5.69 Å². The fourth-order valence-corrected chi connectivity index (χ4v) is 2.36. The quantitative estimate of drug-likeness (QED) is 0.838. The van der Waals surface area contributed by atoms with Crippen molar-refractivity contribution in [2.45, 2.75) is 32.9 Å². The molecule has 4 nitrogen and oxygen atoms in total. The Morgan fingerprint density at radius 3 is 2.88 bits per heavy atom. The van der Waals surface area contributed by atoms with Crippen molar-refractivity contribution in [3.63, 3.8) is 0 Å². The Balaban J connectivity index is 2.85. The van der Waals surface area contributed by atoms with E-state index in [4.69, 9.17) is 4.74 Å². The summed E-state index contributed by atoms with van der Waals surface area (Å²) in [4.78, 5) is 0. The van der Waals surface area contributed by atoms with Gasteiger partial charge in [-0.25, -0.2) is 0 Å². The molecule has 0 bridgehead atoms. The van der Waals surface area contributed by atoms with Gasteiger partial charge < -0.3 is 10.1 Å². The molecule has 1 unspecified atom stereocenters. The molecule has 1 aromatic rings. The second-order valence-electron chi connectivity index (χ2n) is 3.59. The highest BCUT2D eigenvalue weighted by Gasteiger charge is 2.18. The van der Waals surface area contributed by atoms with E-state index in [1.807, 2.05) is 10.9 Å². The summed E-state index contributed by atoms with van der Waals surface area (Å²) in [5.41, 5.74) is 1.21. The normalized spacial score (nSPS) is 13.0. The molecular formula is C11H20BrN3O. The van der Waals surface area contributed by atoms with E-state index in [9.17, 15) is 0 Å². The largest absolute Gasteiger partial charge is 0.385 e. The Labute approximate surface area is 105 Å². The first kappa shape index (κ1) is 13.7. The summed E-state index contributed by atoms with van der Waals surface area (Å²) >= 11 is 3.56. The number of hydrogen-bond donors (Lipinski definition) is 1. The van der Waals surface area contributed by atoms with Crippen molar-refractivity contribution in [1.29, 1.82) is 0 Å². The highest BCUT2D eigenvalue weighted by molar-refractivity contribution is 9.10. The van der Waals surface area contributed by atoms with Gasteiger partial charge in [0.15, 0.2) is 0 Å². The fraction of sp³-hybridized carbons (Fsp3) is 0.727. The second kappa shape index (κ2) is 7.04. The van der Waals surface area contributed by atoms with Gasteiger partial charge in [-0.15, -0.1) is 0 Å². The minimum absolute atomic E-state index is 0.293. The van der Waals surface area contributed by atoms with Crippen molar-refractivity contribution in [1.82, 2.24) is 15.1 Å². The van der Waals surface area contributed by atoms with Crippen LogP contribution in [0.15, 0.2) is 10.7 Å². The van der Waals surface area contributed by atoms with Gasteiger partial charge in [0.1, 0.15) is 0 Å². The molecular weight excluding hydrogens is 270 g/mol. The Bertz CT molecular complexity index is 314. The van der Waals surface area contributed by atoms with Gasteiger partial charge >= 0.3 is 0 Å². The summed E-state index contributed by atoms with van der Waals surface area (Å²) in [7, 11) is 1.73. The van der Waals surface area contributed by atoms with E-state index in [0.717, 1.165) is 30.6 Å². The summed E-state index contributed by atoms with van der Waals surface area (Å²) in [6.45, 7) is 6.78. The Morgan fingerprint density at radius 2 is 2.31 bits per heavy atom. The number of aryl methyl sites for hydroxylation is 1. The Kier molecular flexibility index (Phi) is 6.01. The molecule has 1 rings (SSSR count). The van der Waals surface area contributed by atoms with Crippen LogP contribution in [0.1, 0.15) is 32.0 Å². The second-order valence-corrected chi connectivity index (χ2v) is 4.44. The molecule has 0 aromatic carbocycles. The van der Waals surface area contributed by atoms with Gasteiger partial charge in [0.2, 0.25) is 0 Å². The van der Waals surface area contributed by atoms with Crippen molar-refractivity contribution < 1.29 is 4.74 Å². The van der Waals surface area contributed by atoms with Crippen LogP contribution in [0, 0.1) is 0 Å². The number of halogens is 1. The summed E-state index contributed by atoms with van der Waals surface area (Å²) < 4.78 is 8.23. The Hall–Kier alpha value is -0.390. The van der Waals surface area contributed by atoms with Gasteiger partial charge in [-0.1, -0.05) is 6.92 Å². The summed E-state index contributed by atoms with van der Waals surface area (Å²) in [5, 5.41) is 7.80. The van der Waals surface area contributed by atoms with Crippen molar-refractivity contribution >= 4 is 15.9 Å². The molecule has 1 N–H and O–H groups in total. The number of hydrogen-bond acceptors (Lipinski definition) is 3. The van der Waals surface area contributed by atoms with Gasteiger partial charge in [0, 0.05) is 20.3 Å². The lowest BCUT2D eigenvalue weighted by Crippen LogP contribution is -2.25. The number of nitrogens with one attached hydrogen (secondary N) is 1. The van der Waals surface area contributed by atoms with Crippen molar-refractivity contribution in [3.8, 4) is 0 Å². The third-order valence-corrected chi connectivity index (χ3v) is 3.14. The highest BCUT2D eigenvalue weighted by Crippen LogP contribution is 2.25. The molecule has 0 aliphatic carbocycles. The zero-order valence-electron chi connectivity index (χ0n) is 10.2. The monoisotopic (exact) mass is 289 g/mol. The van der Waals surface area contributed by atoms with Gasteiger partial charge in [-0.05, 0) is 35.8 Å². The van der Waals surface area contributed by atoms with Crippen LogP contribution in [0.5, 0.6) is 0 Å². The lowest BCUT2D eigenvalue weighted by molar-refractivity contribution is 0.181. The number of rotatable bonds is 7. The topological polar surface area (TPSA) is 39.1 Å². The maximum absolute atomic E-state index is 5.15. The van der Waals surface area contributed by atoms with Crippen LogP contribution < -0.4 is 5.32 Å². The fourth-order valence-electron chi connectivity index (χ4n) is 1.79. The van der Waals surface area contributed by atoms with Crippen molar-refractivity contribution in [2.75, 3.05) is 20.3 Å². The molecule has 0 saturated heterocycles. The third-order valence-electron chi connectivity index (χ3n) is 2.52. The average molecular weight is 290 g/mol. The zero-order chi connectivity index (χ0) is 12.0. The van der Waals surface area contributed by atoms with E-state index >= 15 is 0 Å². The predicted molar refractivity (Wildman–Crippen MR) is 68.5 cm³/mol. The van der Waals surface area contributed by atoms with Crippen molar-refractivity contribution in [2.24, 2.45) is 0 Å². The van der Waals surface area contributed by atoms with Gasteiger partial charge in [0.05, 0.1) is 22.4 Å². The first-order valence-electron chi connectivity index (χ1n) is 5.68. The summed E-state index contributed by atoms with van der Waals surface area (Å²) in [5.74, 6) is 0. The number of ether oxygens (including phenoxy) is 1. The van der Waals surface area contributed by atoms with Gasteiger partial charge in [-0.3, -0.25) is 4.68 Å². The maximum atomic E-state index is 5.15. The number of methoxy groups -OCH3 is 1. The van der Waals surface area contributed by atoms with Crippen LogP contribution in [0.3, 0.4) is 0 Å². The third kappa shape index (κ3) is 3.30. The zero-order valence-corrected chi connectivity index (χ0v) is 11.7. The standard InChI is InChI=1S/C11H20BrN3O/c1-4-13-10(6-7-16-3)11-9(12)8-14-15(11)5-2/h8,10,13H,4-7H2,1-3H3. The van der Waals surface area contributed by atoms with Crippen LogP contribution in [0.25, 0.3) is 0 Å². The summed E-state index contributed by atoms with van der Waals surface area (Å²) in [6, 6.07) is 0.293. The number of nitrogens with zero attached hydrogens (tertiary/aromatic N) is 2. The molecule has 0 saturated carbocycles. The molecule has 5 heteroatoms. The molecule has 0 amide bonds. The molecule has 1 atom stereocenters. The maximum Gasteiger partial charge on any atom is 0.0696 e. The van der Waals surface area contributed by atoms with Crippen LogP contribution in [0.4, 0.5) is 0 Å². The molecule has 0 fully saturated rings. The highest BCUT2D eigenvalue weighted by atomic mass is 79.9. The Morgan fingerprint density at radius 1 is 1.56 bits per heavy atom. The molecule has 0 aliphatic rings. The van der Waals surface area contributed by atoms with Gasteiger partial charge in [0.25, 0.3) is 0 Å². The molecule has 1 aromatic heterocycles. The van der Waals surface area contributed by atoms with Gasteiger partial charge in [-0.2, -0.15) is 5.10 Å². The molecule has 16 heavy (non-hydrogen) atoms. The number of aromatic nitrogens is 2. The van der Waals surface area contributed by atoms with E-state index < -0.39 is 0 Å². The lowest BCUT2D eigenvalue weighted by atomic mass is 10.1. The van der Waals surface area contributed by atoms with Crippen LogP contribution in [-0.2, 0) is 11.3 Å². The molecule has 92 valence electrons. The molecule has 0 spiro atoms. The van der Waals surface area contributed by atoms with Crippen molar-refractivity contribution in [3.05, 3.63) is 16.4 Å². The molecule has 0 aliphatic heterocycles. The van der Waals surface area contributed by atoms with E-state index in [0.29, 0.717) is 6.04 Å².